The molecule has 0 aliphatic rings. The van der Waals surface area contributed by atoms with Crippen LogP contribution in [0.1, 0.15) is 19.4 Å². The number of thioether (sulfide) groups is 1. The lowest BCUT2D eigenvalue weighted by Gasteiger charge is -2.25. The van der Waals surface area contributed by atoms with Crippen molar-refractivity contribution in [3.8, 4) is 0 Å². The van der Waals surface area contributed by atoms with Crippen LogP contribution in [0.2, 0.25) is 0 Å². The van der Waals surface area contributed by atoms with Gasteiger partial charge in [-0.25, -0.2) is 0 Å². The van der Waals surface area contributed by atoms with E-state index >= 15 is 0 Å². The van der Waals surface area contributed by atoms with Gasteiger partial charge in [0.25, 0.3) is 0 Å². The molecule has 4 N–H and O–H groups in total. The van der Waals surface area contributed by atoms with Gasteiger partial charge in [-0.1, -0.05) is 13.0 Å². The minimum absolute atomic E-state index is 0.0814. The molecule has 1 aromatic carbocycles. The van der Waals surface area contributed by atoms with E-state index in [9.17, 15) is 0 Å². The second-order valence-electron chi connectivity index (χ2n) is 3.80. The fraction of sp³-hybridized carbons (Fsp3) is 0.462. The second-order valence-corrected chi connectivity index (χ2v) is 5.11. The smallest absolute Gasteiger partial charge is 0.126 e. The summed E-state index contributed by atoms with van der Waals surface area (Å²) >= 11 is 1.68. The number of rotatable bonds is 7. The Morgan fingerprint density at radius 2 is 2.17 bits per heavy atom. The van der Waals surface area contributed by atoms with Crippen LogP contribution in [-0.4, -0.2) is 36.4 Å². The van der Waals surface area contributed by atoms with Gasteiger partial charge in [0.1, 0.15) is 5.84 Å². The fourth-order valence-corrected chi connectivity index (χ4v) is 2.74. The van der Waals surface area contributed by atoms with Crippen LogP contribution in [0.3, 0.4) is 0 Å². The number of nitrogens with one attached hydrogen (secondary N) is 1. The molecular formula is C13H21N3OS. The minimum atomic E-state index is 0.0814. The second kappa shape index (κ2) is 7.28. The molecule has 5 heteroatoms. The summed E-state index contributed by atoms with van der Waals surface area (Å²) in [6.07, 6.45) is 0. The molecule has 0 spiro atoms. The number of amidine groups is 1. The van der Waals surface area contributed by atoms with Crippen LogP contribution in [0.15, 0.2) is 23.1 Å². The van der Waals surface area contributed by atoms with E-state index < -0.39 is 0 Å². The van der Waals surface area contributed by atoms with E-state index in [0.29, 0.717) is 6.54 Å². The molecule has 100 valence electrons. The zero-order valence-electron chi connectivity index (χ0n) is 10.9. The number of likely N-dealkylation sites (N-methyl/N-ethyl adjacent to an activating group) is 1. The summed E-state index contributed by atoms with van der Waals surface area (Å²) in [6.45, 7) is 5.53. The van der Waals surface area contributed by atoms with Crippen molar-refractivity contribution in [3.63, 3.8) is 0 Å². The van der Waals surface area contributed by atoms with Crippen molar-refractivity contribution in [1.29, 1.82) is 5.41 Å². The molecule has 1 aromatic rings. The van der Waals surface area contributed by atoms with Crippen LogP contribution in [0.25, 0.3) is 0 Å². The molecule has 0 unspecified atom stereocenters. The van der Waals surface area contributed by atoms with Gasteiger partial charge < -0.3 is 15.7 Å². The maximum atomic E-state index is 9.10. The molecule has 0 amide bonds. The monoisotopic (exact) mass is 267 g/mol. The quantitative estimate of drug-likeness (QED) is 0.401. The van der Waals surface area contributed by atoms with Crippen molar-refractivity contribution in [3.05, 3.63) is 23.8 Å². The third-order valence-electron chi connectivity index (χ3n) is 2.67. The predicted octanol–water partition coefficient (Wildman–Crippen LogP) is 1.90. The largest absolute Gasteiger partial charge is 0.395 e. The highest BCUT2D eigenvalue weighted by Gasteiger charge is 2.15. The van der Waals surface area contributed by atoms with E-state index in [2.05, 4.69) is 6.92 Å². The van der Waals surface area contributed by atoms with E-state index in [1.807, 2.05) is 30.0 Å². The van der Waals surface area contributed by atoms with Gasteiger partial charge in [0.15, 0.2) is 0 Å². The van der Waals surface area contributed by atoms with Crippen molar-refractivity contribution in [2.45, 2.75) is 18.7 Å². The molecule has 0 heterocycles. The molecule has 0 radical (unpaired) electrons. The summed E-state index contributed by atoms with van der Waals surface area (Å²) in [5.74, 6) is 1.02. The van der Waals surface area contributed by atoms with Crippen LogP contribution in [0.4, 0.5) is 5.69 Å². The van der Waals surface area contributed by atoms with Crippen LogP contribution in [-0.2, 0) is 0 Å². The molecule has 0 bridgehead atoms. The molecule has 0 saturated heterocycles. The molecule has 0 aliphatic heterocycles. The van der Waals surface area contributed by atoms with Crippen molar-refractivity contribution >= 4 is 23.3 Å². The molecule has 0 aromatic heterocycles. The summed E-state index contributed by atoms with van der Waals surface area (Å²) in [5.41, 5.74) is 7.42. The zero-order valence-corrected chi connectivity index (χ0v) is 11.8. The molecule has 18 heavy (non-hydrogen) atoms. The van der Waals surface area contributed by atoms with Crippen molar-refractivity contribution in [1.82, 2.24) is 0 Å². The number of aliphatic hydroxyl groups is 1. The van der Waals surface area contributed by atoms with E-state index in [-0.39, 0.29) is 12.4 Å². The molecular weight excluding hydrogens is 246 g/mol. The lowest BCUT2D eigenvalue weighted by Crippen LogP contribution is -2.29. The first-order chi connectivity index (χ1) is 8.65. The number of hydrogen-bond donors (Lipinski definition) is 3. The Labute approximate surface area is 113 Å². The average Bonchev–Trinajstić information content (AvgIpc) is 2.35. The van der Waals surface area contributed by atoms with Crippen molar-refractivity contribution in [2.24, 2.45) is 5.73 Å². The van der Waals surface area contributed by atoms with Gasteiger partial charge in [-0.2, -0.15) is 0 Å². The number of anilines is 1. The lowest BCUT2D eigenvalue weighted by atomic mass is 10.1. The summed E-state index contributed by atoms with van der Waals surface area (Å²) in [4.78, 5) is 3.06. The number of benzene rings is 1. The Balaban J connectivity index is 3.24. The third kappa shape index (κ3) is 3.40. The maximum absolute atomic E-state index is 9.10. The highest BCUT2D eigenvalue weighted by atomic mass is 32.2. The van der Waals surface area contributed by atoms with Gasteiger partial charge in [0.05, 0.1) is 12.2 Å². The number of hydrogen-bond acceptors (Lipinski definition) is 4. The van der Waals surface area contributed by atoms with Crippen molar-refractivity contribution in [2.75, 3.05) is 30.3 Å². The zero-order chi connectivity index (χ0) is 13.5. The summed E-state index contributed by atoms with van der Waals surface area (Å²) in [7, 11) is 0. The molecule has 1 rings (SSSR count). The standard InChI is InChI=1S/C13H21N3OS/c1-3-16(8-9-17)10-6-5-7-11(18-4-2)12(10)13(14)15/h5-7,17H,3-4,8-9H2,1-2H3,(H3,14,15). The highest BCUT2D eigenvalue weighted by molar-refractivity contribution is 7.99. The van der Waals surface area contributed by atoms with Crippen LogP contribution in [0, 0.1) is 5.41 Å². The predicted molar refractivity (Wildman–Crippen MR) is 78.8 cm³/mol. The van der Waals surface area contributed by atoms with Gasteiger partial charge in [-0.15, -0.1) is 11.8 Å². The van der Waals surface area contributed by atoms with Gasteiger partial charge in [-0.3, -0.25) is 5.41 Å². The first kappa shape index (κ1) is 14.9. The Morgan fingerprint density at radius 3 is 2.67 bits per heavy atom. The third-order valence-corrected chi connectivity index (χ3v) is 3.61. The van der Waals surface area contributed by atoms with Gasteiger partial charge in [0.2, 0.25) is 0 Å². The molecule has 0 fully saturated rings. The lowest BCUT2D eigenvalue weighted by molar-refractivity contribution is 0.302. The summed E-state index contributed by atoms with van der Waals surface area (Å²) in [5, 5.41) is 16.9. The SMILES string of the molecule is CCSc1cccc(N(CC)CCO)c1C(=N)N. The van der Waals surface area contributed by atoms with Crippen LogP contribution >= 0.6 is 11.8 Å². The average molecular weight is 267 g/mol. The molecule has 0 atom stereocenters. The first-order valence-electron chi connectivity index (χ1n) is 6.11. The van der Waals surface area contributed by atoms with E-state index in [4.69, 9.17) is 16.2 Å². The van der Waals surface area contributed by atoms with Crippen LogP contribution in [0.5, 0.6) is 0 Å². The van der Waals surface area contributed by atoms with E-state index in [1.165, 1.54) is 0 Å². The number of nitrogen functional groups attached to an aromatic ring is 1. The number of aliphatic hydroxyl groups excluding tert-OH is 1. The number of nitrogens with two attached hydrogens (primary N) is 1. The van der Waals surface area contributed by atoms with E-state index in [0.717, 1.165) is 28.4 Å². The van der Waals surface area contributed by atoms with E-state index in [1.54, 1.807) is 11.8 Å². The Morgan fingerprint density at radius 1 is 1.44 bits per heavy atom. The Bertz CT molecular complexity index is 409. The number of nitrogens with zero attached hydrogens (tertiary/aromatic N) is 1. The molecule has 0 saturated carbocycles. The van der Waals surface area contributed by atoms with Crippen LogP contribution < -0.4 is 10.6 Å². The van der Waals surface area contributed by atoms with Crippen molar-refractivity contribution < 1.29 is 5.11 Å². The van der Waals surface area contributed by atoms with Gasteiger partial charge in [-0.05, 0) is 24.8 Å². The Hall–Kier alpha value is -1.20. The molecule has 4 nitrogen and oxygen atoms in total. The minimum Gasteiger partial charge on any atom is -0.395 e. The van der Waals surface area contributed by atoms with Gasteiger partial charge in [0, 0.05) is 23.7 Å². The summed E-state index contributed by atoms with van der Waals surface area (Å²) in [6, 6.07) is 5.91. The topological polar surface area (TPSA) is 73.3 Å². The Kier molecular flexibility index (Phi) is 6.01. The normalized spacial score (nSPS) is 10.4. The fourth-order valence-electron chi connectivity index (χ4n) is 1.90. The van der Waals surface area contributed by atoms with Gasteiger partial charge >= 0.3 is 0 Å². The maximum Gasteiger partial charge on any atom is 0.126 e. The highest BCUT2D eigenvalue weighted by Crippen LogP contribution is 2.30. The summed E-state index contributed by atoms with van der Waals surface area (Å²) < 4.78 is 0. The molecule has 0 aliphatic carbocycles. The first-order valence-corrected chi connectivity index (χ1v) is 7.10.